The molecule has 0 aromatic carbocycles. The first-order chi connectivity index (χ1) is 7.22. The maximum atomic E-state index is 12.0. The smallest absolute Gasteiger partial charge is 0.403 e. The summed E-state index contributed by atoms with van der Waals surface area (Å²) in [5.41, 5.74) is -0.563. The van der Waals surface area contributed by atoms with E-state index in [9.17, 15) is 18.0 Å². The van der Waals surface area contributed by atoms with Crippen LogP contribution in [0.3, 0.4) is 0 Å². The molecule has 9 heteroatoms. The molecule has 0 aliphatic rings. The number of hydrogen-bond acceptors (Lipinski definition) is 3. The molecule has 0 atom stereocenters. The average molecular weight is 339 g/mol. The second-order valence-electron chi connectivity index (χ2n) is 2.43. The van der Waals surface area contributed by atoms with Crippen molar-refractivity contribution in [3.8, 4) is 5.75 Å². The highest BCUT2D eigenvalue weighted by Gasteiger charge is 2.34. The minimum absolute atomic E-state index is 0.0879. The van der Waals surface area contributed by atoms with Gasteiger partial charge in [-0.25, -0.2) is 4.98 Å². The van der Waals surface area contributed by atoms with Gasteiger partial charge in [0, 0.05) is 6.20 Å². The molecule has 1 rings (SSSR count). The van der Waals surface area contributed by atoms with E-state index in [2.05, 4.69) is 25.7 Å². The molecule has 0 N–H and O–H groups in total. The van der Waals surface area contributed by atoms with Crippen LogP contribution in [0.15, 0.2) is 10.8 Å². The number of ether oxygens (including phenoxy) is 1. The van der Waals surface area contributed by atoms with Gasteiger partial charge in [-0.3, -0.25) is 4.79 Å². The fraction of sp³-hybridized carbons (Fsp3) is 0.143. The Balaban J connectivity index is 3.32. The van der Waals surface area contributed by atoms with Crippen LogP contribution in [-0.4, -0.2) is 16.6 Å². The Labute approximate surface area is 106 Å². The van der Waals surface area contributed by atoms with Crippen LogP contribution in [0.4, 0.5) is 13.2 Å². The summed E-state index contributed by atoms with van der Waals surface area (Å²) in [6, 6.07) is 0. The molecule has 0 amide bonds. The van der Waals surface area contributed by atoms with Gasteiger partial charge < -0.3 is 4.74 Å². The number of carbonyl (C=O) groups excluding carboxylic acids is 1. The summed E-state index contributed by atoms with van der Waals surface area (Å²) in [4.78, 5) is 14.3. The highest BCUT2D eigenvalue weighted by molar-refractivity contribution is 9.10. The molecule has 16 heavy (non-hydrogen) atoms. The Bertz CT molecular complexity index is 438. The molecule has 0 saturated heterocycles. The van der Waals surface area contributed by atoms with Crippen LogP contribution in [0.2, 0.25) is 5.02 Å². The van der Waals surface area contributed by atoms with Crippen molar-refractivity contribution in [2.24, 2.45) is 0 Å². The second-order valence-corrected chi connectivity index (χ2v) is 3.90. The zero-order valence-corrected chi connectivity index (χ0v) is 10.2. The van der Waals surface area contributed by atoms with Crippen molar-refractivity contribution in [3.63, 3.8) is 0 Å². The third kappa shape index (κ3) is 3.23. The quantitative estimate of drug-likeness (QED) is 0.608. The summed E-state index contributed by atoms with van der Waals surface area (Å²) in [5, 5.41) is -1.63. The van der Waals surface area contributed by atoms with E-state index < -0.39 is 27.9 Å². The number of aromatic nitrogens is 1. The lowest BCUT2D eigenvalue weighted by Gasteiger charge is -2.12. The summed E-state index contributed by atoms with van der Waals surface area (Å²) < 4.78 is 39.6. The summed E-state index contributed by atoms with van der Waals surface area (Å²) in [6.45, 7) is 0. The van der Waals surface area contributed by atoms with Gasteiger partial charge in [-0.05, 0) is 27.5 Å². The Morgan fingerprint density at radius 2 is 2.06 bits per heavy atom. The van der Waals surface area contributed by atoms with Gasteiger partial charge in [0.25, 0.3) is 5.24 Å². The van der Waals surface area contributed by atoms with Gasteiger partial charge in [0.1, 0.15) is 9.63 Å². The van der Waals surface area contributed by atoms with Gasteiger partial charge in [0.15, 0.2) is 5.75 Å². The lowest BCUT2D eigenvalue weighted by atomic mass is 10.3. The third-order valence-corrected chi connectivity index (χ3v) is 2.75. The van der Waals surface area contributed by atoms with Crippen LogP contribution in [-0.2, 0) is 0 Å². The molecular weight excluding hydrogens is 338 g/mol. The van der Waals surface area contributed by atoms with Crippen molar-refractivity contribution in [3.05, 3.63) is 21.4 Å². The van der Waals surface area contributed by atoms with E-state index in [0.29, 0.717) is 0 Å². The maximum Gasteiger partial charge on any atom is 0.573 e. The van der Waals surface area contributed by atoms with Crippen LogP contribution in [0.25, 0.3) is 0 Å². The minimum Gasteiger partial charge on any atom is -0.403 e. The zero-order valence-electron chi connectivity index (χ0n) is 7.11. The largest absolute Gasteiger partial charge is 0.573 e. The number of rotatable bonds is 2. The third-order valence-electron chi connectivity index (χ3n) is 1.36. The van der Waals surface area contributed by atoms with Gasteiger partial charge in [-0.1, -0.05) is 11.6 Å². The first-order valence-electron chi connectivity index (χ1n) is 3.52. The van der Waals surface area contributed by atoms with Gasteiger partial charge >= 0.3 is 6.36 Å². The van der Waals surface area contributed by atoms with Gasteiger partial charge in [0.2, 0.25) is 0 Å². The van der Waals surface area contributed by atoms with Crippen LogP contribution in [0.1, 0.15) is 10.4 Å². The molecule has 88 valence electrons. The predicted molar refractivity (Wildman–Crippen MR) is 53.8 cm³/mol. The first-order valence-corrected chi connectivity index (χ1v) is 5.07. The van der Waals surface area contributed by atoms with E-state index in [1.165, 1.54) is 0 Å². The highest BCUT2D eigenvalue weighted by atomic mass is 79.9. The summed E-state index contributed by atoms with van der Waals surface area (Å²) in [5.74, 6) is -0.879. The lowest BCUT2D eigenvalue weighted by Crippen LogP contribution is -2.19. The predicted octanol–water partition coefficient (Wildman–Crippen LogP) is 3.78. The average Bonchev–Trinajstić information content (AvgIpc) is 2.10. The number of nitrogens with zero attached hydrogens (tertiary/aromatic N) is 1. The highest BCUT2D eigenvalue weighted by Crippen LogP contribution is 2.37. The lowest BCUT2D eigenvalue weighted by molar-refractivity contribution is -0.274. The van der Waals surface area contributed by atoms with Crippen molar-refractivity contribution in [2.75, 3.05) is 0 Å². The fourth-order valence-corrected chi connectivity index (χ4v) is 1.41. The van der Waals surface area contributed by atoms with E-state index in [-0.39, 0.29) is 4.60 Å². The number of alkyl halides is 3. The number of hydrogen-bond donors (Lipinski definition) is 0. The molecule has 3 nitrogen and oxygen atoms in total. The van der Waals surface area contributed by atoms with Crippen molar-refractivity contribution >= 4 is 44.4 Å². The molecule has 0 fully saturated rings. The Morgan fingerprint density at radius 3 is 2.50 bits per heavy atom. The first kappa shape index (κ1) is 13.5. The molecule has 0 saturated carbocycles. The molecule has 0 aliphatic carbocycles. The normalized spacial score (nSPS) is 11.4. The SMILES string of the molecule is O=C(Cl)c1cnc(Br)c(Cl)c1OC(F)(F)F. The number of pyridine rings is 1. The van der Waals surface area contributed by atoms with E-state index in [1.807, 2.05) is 0 Å². The second kappa shape index (κ2) is 4.77. The standard InChI is InChI=1S/C7HBrCl2F3NO2/c8-5-3(9)4(16-7(11,12)13)2(1-14-5)6(10)15/h1H. The van der Waals surface area contributed by atoms with Crippen molar-refractivity contribution in [1.82, 2.24) is 4.98 Å². The van der Waals surface area contributed by atoms with Gasteiger partial charge in [-0.2, -0.15) is 0 Å². The van der Waals surface area contributed by atoms with Crippen LogP contribution >= 0.6 is 39.1 Å². The van der Waals surface area contributed by atoms with Gasteiger partial charge in [0.05, 0.1) is 5.56 Å². The topological polar surface area (TPSA) is 39.2 Å². The number of halogens is 6. The molecule has 0 radical (unpaired) electrons. The van der Waals surface area contributed by atoms with Gasteiger partial charge in [-0.15, -0.1) is 13.2 Å². The zero-order chi connectivity index (χ0) is 12.5. The van der Waals surface area contributed by atoms with Crippen LogP contribution in [0, 0.1) is 0 Å². The van der Waals surface area contributed by atoms with E-state index in [4.69, 9.17) is 23.2 Å². The van der Waals surface area contributed by atoms with Crippen molar-refractivity contribution < 1.29 is 22.7 Å². The van der Waals surface area contributed by atoms with Crippen molar-refractivity contribution in [2.45, 2.75) is 6.36 Å². The molecule has 0 unspecified atom stereocenters. The van der Waals surface area contributed by atoms with Crippen LogP contribution in [0.5, 0.6) is 5.75 Å². The summed E-state index contributed by atoms with van der Waals surface area (Å²) in [6.07, 6.45) is -4.15. The molecule has 1 heterocycles. The Hall–Kier alpha value is -0.530. The van der Waals surface area contributed by atoms with Crippen molar-refractivity contribution in [1.29, 1.82) is 0 Å². The monoisotopic (exact) mass is 337 g/mol. The minimum atomic E-state index is -4.98. The van der Waals surface area contributed by atoms with E-state index in [0.717, 1.165) is 6.20 Å². The van der Waals surface area contributed by atoms with E-state index in [1.54, 1.807) is 0 Å². The molecule has 1 aromatic rings. The molecule has 0 aliphatic heterocycles. The molecule has 0 spiro atoms. The maximum absolute atomic E-state index is 12.0. The Morgan fingerprint density at radius 1 is 1.50 bits per heavy atom. The number of carbonyl (C=O) groups is 1. The molecule has 0 bridgehead atoms. The summed E-state index contributed by atoms with van der Waals surface area (Å²) >= 11 is 13.4. The Kier molecular flexibility index (Phi) is 4.03. The van der Waals surface area contributed by atoms with E-state index >= 15 is 0 Å². The fourth-order valence-electron chi connectivity index (χ4n) is 0.804. The van der Waals surface area contributed by atoms with Crippen LogP contribution < -0.4 is 4.74 Å². The molecule has 1 aromatic heterocycles. The molecular formula is C7HBrCl2F3NO2. The summed E-state index contributed by atoms with van der Waals surface area (Å²) in [7, 11) is 0.